The van der Waals surface area contributed by atoms with Crippen LogP contribution in [0.3, 0.4) is 0 Å². The summed E-state index contributed by atoms with van der Waals surface area (Å²) in [6, 6.07) is 8.45. The van der Waals surface area contributed by atoms with E-state index in [4.69, 9.17) is 23.7 Å². The minimum atomic E-state index is -3.19. The lowest BCUT2D eigenvalue weighted by atomic mass is 9.62. The molecule has 14 atom stereocenters. The molecule has 0 radical (unpaired) electrons. The van der Waals surface area contributed by atoms with E-state index in [0.717, 1.165) is 23.4 Å². The van der Waals surface area contributed by atoms with Gasteiger partial charge in [-0.1, -0.05) is 58.0 Å². The molecule has 2 N–H and O–H groups in total. The van der Waals surface area contributed by atoms with Gasteiger partial charge < -0.3 is 39.0 Å². The number of nitrogens with one attached hydrogen (secondary N) is 1. The number of aliphatic hydroxyl groups is 1. The third kappa shape index (κ3) is 7.88. The summed E-state index contributed by atoms with van der Waals surface area (Å²) in [4.78, 5) is 63.1. The Balaban J connectivity index is 1.44. The van der Waals surface area contributed by atoms with Crippen molar-refractivity contribution in [3.05, 3.63) is 48.2 Å². The first-order valence-corrected chi connectivity index (χ1v) is 20.4. The molecule has 14 heteroatoms. The van der Waals surface area contributed by atoms with E-state index in [0.29, 0.717) is 6.42 Å². The Morgan fingerprint density at radius 3 is 2.47 bits per heavy atom. The maximum Gasteiger partial charge on any atom is 0.351 e. The second-order valence-corrected chi connectivity index (χ2v) is 17.9. The number of hydrogen-bond acceptors (Lipinski definition) is 13. The zero-order valence-electron chi connectivity index (χ0n) is 35.3. The van der Waals surface area contributed by atoms with Crippen molar-refractivity contribution >= 4 is 40.5 Å². The summed E-state index contributed by atoms with van der Waals surface area (Å²) in [7, 11) is 3.66. The lowest BCUT2D eigenvalue weighted by Gasteiger charge is -2.48. The summed E-state index contributed by atoms with van der Waals surface area (Å²) in [5.74, 6) is -6.38. The van der Waals surface area contributed by atoms with Crippen molar-refractivity contribution in [3.8, 4) is 0 Å². The zero-order valence-corrected chi connectivity index (χ0v) is 35.3. The fraction of sp³-hybridized carbons (Fsp3) is 0.659. The van der Waals surface area contributed by atoms with Crippen LogP contribution in [0.15, 0.2) is 42.6 Å². The van der Waals surface area contributed by atoms with E-state index in [9.17, 15) is 24.3 Å². The average Bonchev–Trinajstić information content (AvgIpc) is 3.68. The number of hydrogen-bond donors (Lipinski definition) is 2. The van der Waals surface area contributed by atoms with E-state index in [1.54, 1.807) is 46.9 Å². The van der Waals surface area contributed by atoms with Crippen LogP contribution in [0.5, 0.6) is 0 Å². The second kappa shape index (κ2) is 16.4. The van der Waals surface area contributed by atoms with E-state index in [1.807, 2.05) is 62.3 Å². The number of carbonyl (C=O) groups is 4. The van der Waals surface area contributed by atoms with Gasteiger partial charge in [0, 0.05) is 47.3 Å². The normalized spacial score (nSPS) is 41.5. The molecule has 4 saturated heterocycles. The van der Waals surface area contributed by atoms with Crippen LogP contribution in [-0.2, 0) is 42.9 Å². The van der Waals surface area contributed by atoms with Crippen LogP contribution in [0.4, 0.5) is 4.39 Å². The van der Waals surface area contributed by atoms with Gasteiger partial charge in [-0.3, -0.25) is 19.4 Å². The van der Waals surface area contributed by atoms with Crippen LogP contribution in [0.1, 0.15) is 80.2 Å². The maximum absolute atomic E-state index is 17.0. The molecule has 58 heavy (non-hydrogen) atoms. The minimum Gasteiger partial charge on any atom is -0.455 e. The molecule has 0 aliphatic carbocycles. The number of benzene rings is 1. The first-order valence-electron chi connectivity index (χ1n) is 20.4. The van der Waals surface area contributed by atoms with Crippen molar-refractivity contribution in [3.63, 3.8) is 0 Å². The number of esters is 2. The smallest absolute Gasteiger partial charge is 0.351 e. The predicted molar refractivity (Wildman–Crippen MR) is 213 cm³/mol. The van der Waals surface area contributed by atoms with Crippen molar-refractivity contribution in [1.29, 1.82) is 0 Å². The Hall–Kier alpha value is -3.66. The van der Waals surface area contributed by atoms with Gasteiger partial charge in [0.05, 0.1) is 29.9 Å². The number of rotatable bonds is 8. The number of cyclic esters (lactones) is 1. The van der Waals surface area contributed by atoms with Gasteiger partial charge in [0.25, 0.3) is 5.67 Å². The van der Waals surface area contributed by atoms with E-state index in [2.05, 4.69) is 10.3 Å². The molecule has 0 saturated carbocycles. The van der Waals surface area contributed by atoms with Gasteiger partial charge in [-0.25, -0.2) is 9.18 Å². The first-order chi connectivity index (χ1) is 27.2. The number of alkyl halides is 1. The number of aliphatic hydroxyl groups excluding tert-OH is 1. The average molecular weight is 810 g/mol. The van der Waals surface area contributed by atoms with E-state index in [1.165, 1.54) is 6.92 Å². The largest absolute Gasteiger partial charge is 0.455 e. The molecule has 5 heterocycles. The number of aromatic nitrogens is 1. The molecule has 2 aromatic rings. The van der Waals surface area contributed by atoms with Crippen molar-refractivity contribution in [2.24, 2.45) is 23.2 Å². The van der Waals surface area contributed by atoms with Crippen molar-refractivity contribution in [2.45, 2.75) is 134 Å². The van der Waals surface area contributed by atoms with Crippen molar-refractivity contribution in [2.75, 3.05) is 27.2 Å². The Kier molecular flexibility index (Phi) is 12.4. The van der Waals surface area contributed by atoms with Gasteiger partial charge in [0.1, 0.15) is 24.0 Å². The number of nitrogens with zero attached hydrogens (tertiary/aromatic N) is 2. The fourth-order valence-electron chi connectivity index (χ4n) is 10.2. The summed E-state index contributed by atoms with van der Waals surface area (Å²) in [5.41, 5.74) is -5.80. The number of para-hydroxylation sites is 1. The van der Waals surface area contributed by atoms with Gasteiger partial charge in [-0.2, -0.15) is 0 Å². The Labute approximate surface area is 340 Å². The number of ether oxygens (including phenoxy) is 5. The third-order valence-corrected chi connectivity index (χ3v) is 13.2. The molecule has 1 aromatic carbocycles. The van der Waals surface area contributed by atoms with Crippen LogP contribution in [-0.4, -0.2) is 125 Å². The maximum atomic E-state index is 17.0. The summed E-state index contributed by atoms with van der Waals surface area (Å²) in [6.07, 6.45) is 0.544. The van der Waals surface area contributed by atoms with Crippen molar-refractivity contribution < 1.29 is 52.4 Å². The molecule has 0 spiro atoms. The highest BCUT2D eigenvalue weighted by Crippen LogP contribution is 2.53. The van der Waals surface area contributed by atoms with Gasteiger partial charge in [-0.05, 0) is 78.7 Å². The number of fused-ring (bicyclic) bond motifs is 1. The summed E-state index contributed by atoms with van der Waals surface area (Å²) in [6.45, 7) is 12.8. The number of Topliss-reactive ketones (excluding diaryl/α,β-unsaturated/α-hetero) is 2. The highest BCUT2D eigenvalue weighted by molar-refractivity contribution is 6.08. The van der Waals surface area contributed by atoms with Crippen LogP contribution in [0.25, 0.3) is 17.0 Å². The van der Waals surface area contributed by atoms with Crippen LogP contribution < -0.4 is 5.32 Å². The SMILES string of the molecule is CC[C@@H]1OC(=O)[C@@](C)(F)C(=O)[C@H](C)[C@@H](O[C@@H]2O[C@H](C)C[C@H](N(C)C)[C@H]2O)[C@@](C)(OC/C=C/c2cnc3ccccc3c2)C[C@@H](C)C(=O)C2(C)CNC3C(=O)O[C@@]1(C)C32. The number of carbonyl (C=O) groups excluding carboxylic acids is 4. The van der Waals surface area contributed by atoms with Gasteiger partial charge in [0.2, 0.25) is 0 Å². The molecule has 6 rings (SSSR count). The standard InChI is InChI=1S/C44H60FN3O10/c1-11-31-44(8)34-32(38(52)58-44)47-23-41(34,5)35(50)24(2)21-42(6,54-18-14-15-27-20-28-16-12-13-17-29(28)46-22-27)37(26(4)36(51)43(7,45)40(53)56-31)57-39-33(49)30(48(9)10)19-25(3)55-39/h12-17,20,22,24-26,30-34,37,39,47,49H,11,18-19,21,23H2,1-10H3/b15-14+/t24-,25-,26+,30+,31+,32?,33-,34?,37-,39+,41?,42+,43+,44-/m1/s1. The predicted octanol–water partition coefficient (Wildman–Crippen LogP) is 4.61. The topological polar surface area (TPSA) is 163 Å². The lowest BCUT2D eigenvalue weighted by Crippen LogP contribution is -2.61. The van der Waals surface area contributed by atoms with E-state index >= 15 is 4.39 Å². The Morgan fingerprint density at radius 2 is 1.78 bits per heavy atom. The van der Waals surface area contributed by atoms with Crippen LogP contribution in [0.2, 0.25) is 0 Å². The summed E-state index contributed by atoms with van der Waals surface area (Å²) in [5, 5.41) is 15.8. The molecule has 0 bridgehead atoms. The quantitative estimate of drug-likeness (QED) is 0.281. The Morgan fingerprint density at radius 1 is 1.07 bits per heavy atom. The molecular formula is C44H60FN3O10. The third-order valence-electron chi connectivity index (χ3n) is 13.2. The first kappa shape index (κ1) is 43.9. The van der Waals surface area contributed by atoms with Gasteiger partial charge in [-0.15, -0.1) is 0 Å². The number of likely N-dealkylation sites (N-methyl/N-ethyl adjacent to an activating group) is 1. The molecule has 318 valence electrons. The van der Waals surface area contributed by atoms with Gasteiger partial charge in [0.15, 0.2) is 17.7 Å². The van der Waals surface area contributed by atoms with Crippen LogP contribution in [0, 0.1) is 23.2 Å². The number of pyridine rings is 1. The molecule has 4 aliphatic heterocycles. The number of halogens is 1. The van der Waals surface area contributed by atoms with E-state index < -0.39 is 88.4 Å². The highest BCUT2D eigenvalue weighted by atomic mass is 19.1. The molecule has 4 fully saturated rings. The monoisotopic (exact) mass is 809 g/mol. The summed E-state index contributed by atoms with van der Waals surface area (Å²) < 4.78 is 48.3. The number of ketones is 2. The van der Waals surface area contributed by atoms with Crippen LogP contribution >= 0.6 is 0 Å². The second-order valence-electron chi connectivity index (χ2n) is 17.9. The zero-order chi connectivity index (χ0) is 42.5. The Bertz CT molecular complexity index is 1920. The van der Waals surface area contributed by atoms with Gasteiger partial charge >= 0.3 is 11.9 Å². The van der Waals surface area contributed by atoms with E-state index in [-0.39, 0.29) is 43.9 Å². The molecule has 4 aliphatic rings. The molecule has 3 unspecified atom stereocenters. The lowest BCUT2D eigenvalue weighted by molar-refractivity contribution is -0.297. The fourth-order valence-corrected chi connectivity index (χ4v) is 10.2. The van der Waals surface area contributed by atoms with Crippen molar-refractivity contribution in [1.82, 2.24) is 15.2 Å². The highest BCUT2D eigenvalue weighted by Gasteiger charge is 2.69. The summed E-state index contributed by atoms with van der Waals surface area (Å²) >= 11 is 0. The molecular weight excluding hydrogens is 749 g/mol. The molecule has 1 aromatic heterocycles. The molecule has 0 amide bonds. The molecule has 13 nitrogen and oxygen atoms in total. The minimum absolute atomic E-state index is 0.0296.